The minimum Gasteiger partial charge on any atom is -0.355 e. The van der Waals surface area contributed by atoms with Crippen molar-refractivity contribution in [2.24, 2.45) is 17.1 Å². The van der Waals surface area contributed by atoms with Gasteiger partial charge in [0, 0.05) is 12.6 Å². The fraction of sp³-hybridized carbons (Fsp3) is 0.611. The molecule has 3 heteroatoms. The standard InChI is InChI=1S/C18H30N2O/c1-5-18(6-2,7-3)13-20-17(21)14(4)16(19)15-11-9-8-10-12-15/h8-12,14,16H,5-7,13,19H2,1-4H3,(H,20,21). The zero-order valence-corrected chi connectivity index (χ0v) is 13.9. The van der Waals surface area contributed by atoms with Gasteiger partial charge >= 0.3 is 0 Å². The second-order valence-corrected chi connectivity index (χ2v) is 6.00. The number of carbonyl (C=O) groups excluding carboxylic acids is 1. The SMILES string of the molecule is CCC(CC)(CC)CNC(=O)C(C)C(N)c1ccccc1. The Kier molecular flexibility index (Phi) is 6.90. The minimum absolute atomic E-state index is 0.0473. The number of rotatable bonds is 8. The maximum Gasteiger partial charge on any atom is 0.224 e. The van der Waals surface area contributed by atoms with Crippen molar-refractivity contribution in [3.8, 4) is 0 Å². The van der Waals surface area contributed by atoms with Crippen molar-refractivity contribution in [2.45, 2.75) is 53.0 Å². The number of benzene rings is 1. The molecule has 0 aliphatic carbocycles. The first-order valence-corrected chi connectivity index (χ1v) is 8.08. The summed E-state index contributed by atoms with van der Waals surface area (Å²) >= 11 is 0. The van der Waals surface area contributed by atoms with E-state index in [1.54, 1.807) is 0 Å². The molecule has 0 saturated heterocycles. The molecule has 3 N–H and O–H groups in total. The van der Waals surface area contributed by atoms with E-state index in [0.29, 0.717) is 0 Å². The summed E-state index contributed by atoms with van der Waals surface area (Å²) in [4.78, 5) is 12.4. The molecule has 0 spiro atoms. The van der Waals surface area contributed by atoms with E-state index in [9.17, 15) is 4.79 Å². The highest BCUT2D eigenvalue weighted by Crippen LogP contribution is 2.29. The Labute approximate surface area is 129 Å². The number of hydrogen-bond acceptors (Lipinski definition) is 2. The first kappa shape index (κ1) is 17.7. The quantitative estimate of drug-likeness (QED) is 0.767. The average molecular weight is 290 g/mol. The van der Waals surface area contributed by atoms with E-state index in [4.69, 9.17) is 5.73 Å². The molecule has 1 aromatic rings. The van der Waals surface area contributed by atoms with E-state index in [-0.39, 0.29) is 23.3 Å². The molecule has 1 aromatic carbocycles. The minimum atomic E-state index is -0.259. The topological polar surface area (TPSA) is 55.1 Å². The summed E-state index contributed by atoms with van der Waals surface area (Å²) in [7, 11) is 0. The number of nitrogens with one attached hydrogen (secondary N) is 1. The lowest BCUT2D eigenvalue weighted by Gasteiger charge is -2.31. The van der Waals surface area contributed by atoms with E-state index < -0.39 is 0 Å². The van der Waals surface area contributed by atoms with Crippen molar-refractivity contribution >= 4 is 5.91 Å². The van der Waals surface area contributed by atoms with E-state index in [1.807, 2.05) is 37.3 Å². The Bertz CT molecular complexity index is 418. The summed E-state index contributed by atoms with van der Waals surface area (Å²) in [6.07, 6.45) is 3.25. The molecule has 2 atom stereocenters. The zero-order valence-electron chi connectivity index (χ0n) is 13.9. The van der Waals surface area contributed by atoms with Crippen LogP contribution in [0.3, 0.4) is 0 Å². The molecular weight excluding hydrogens is 260 g/mol. The van der Waals surface area contributed by atoms with Crippen LogP contribution in [0.15, 0.2) is 30.3 Å². The van der Waals surface area contributed by atoms with Crippen LogP contribution in [0.2, 0.25) is 0 Å². The van der Waals surface area contributed by atoms with Crippen molar-refractivity contribution in [1.82, 2.24) is 5.32 Å². The summed E-state index contributed by atoms with van der Waals surface area (Å²) < 4.78 is 0. The molecule has 21 heavy (non-hydrogen) atoms. The van der Waals surface area contributed by atoms with Gasteiger partial charge in [-0.15, -0.1) is 0 Å². The Morgan fingerprint density at radius 3 is 2.14 bits per heavy atom. The van der Waals surface area contributed by atoms with Crippen LogP contribution in [0.5, 0.6) is 0 Å². The van der Waals surface area contributed by atoms with Gasteiger partial charge in [-0.1, -0.05) is 58.0 Å². The lowest BCUT2D eigenvalue weighted by Crippen LogP contribution is -2.41. The third-order valence-corrected chi connectivity index (χ3v) is 5.02. The molecule has 0 bridgehead atoms. The fourth-order valence-electron chi connectivity index (χ4n) is 2.69. The summed E-state index contributed by atoms with van der Waals surface area (Å²) in [6, 6.07) is 9.56. The monoisotopic (exact) mass is 290 g/mol. The molecule has 1 amide bonds. The third-order valence-electron chi connectivity index (χ3n) is 5.02. The maximum absolute atomic E-state index is 12.4. The Hall–Kier alpha value is -1.35. The lowest BCUT2D eigenvalue weighted by atomic mass is 9.79. The summed E-state index contributed by atoms with van der Waals surface area (Å²) in [6.45, 7) is 9.22. The van der Waals surface area contributed by atoms with Crippen molar-refractivity contribution < 1.29 is 4.79 Å². The zero-order chi connectivity index (χ0) is 15.9. The summed E-state index contributed by atoms with van der Waals surface area (Å²) in [5.74, 6) is -0.179. The average Bonchev–Trinajstić information content (AvgIpc) is 2.55. The van der Waals surface area contributed by atoms with Crippen LogP contribution in [0.4, 0.5) is 0 Å². The van der Waals surface area contributed by atoms with E-state index in [2.05, 4.69) is 26.1 Å². The van der Waals surface area contributed by atoms with Crippen LogP contribution in [0.25, 0.3) is 0 Å². The van der Waals surface area contributed by atoms with E-state index in [0.717, 1.165) is 31.4 Å². The predicted octanol–water partition coefficient (Wildman–Crippen LogP) is 3.66. The van der Waals surface area contributed by atoms with Gasteiger partial charge in [-0.2, -0.15) is 0 Å². The van der Waals surface area contributed by atoms with Crippen LogP contribution in [0.1, 0.15) is 58.6 Å². The Morgan fingerprint density at radius 1 is 1.14 bits per heavy atom. The van der Waals surface area contributed by atoms with Crippen LogP contribution in [-0.4, -0.2) is 12.5 Å². The van der Waals surface area contributed by atoms with Crippen LogP contribution in [0, 0.1) is 11.3 Å². The van der Waals surface area contributed by atoms with Crippen molar-refractivity contribution in [1.29, 1.82) is 0 Å². The van der Waals surface area contributed by atoms with Crippen molar-refractivity contribution in [3.05, 3.63) is 35.9 Å². The molecular formula is C18H30N2O. The highest BCUT2D eigenvalue weighted by atomic mass is 16.1. The normalized spacial score (nSPS) is 14.5. The molecule has 0 aliphatic rings. The van der Waals surface area contributed by atoms with Gasteiger partial charge in [0.15, 0.2) is 0 Å². The number of nitrogens with two attached hydrogens (primary N) is 1. The van der Waals surface area contributed by atoms with Gasteiger partial charge in [-0.3, -0.25) is 4.79 Å². The first-order valence-electron chi connectivity index (χ1n) is 8.08. The van der Waals surface area contributed by atoms with Crippen LogP contribution < -0.4 is 11.1 Å². The van der Waals surface area contributed by atoms with Crippen molar-refractivity contribution in [2.75, 3.05) is 6.54 Å². The smallest absolute Gasteiger partial charge is 0.224 e. The molecule has 0 aliphatic heterocycles. The molecule has 118 valence electrons. The Morgan fingerprint density at radius 2 is 1.67 bits per heavy atom. The fourth-order valence-corrected chi connectivity index (χ4v) is 2.69. The van der Waals surface area contributed by atoms with E-state index >= 15 is 0 Å². The van der Waals surface area contributed by atoms with Crippen molar-refractivity contribution in [3.63, 3.8) is 0 Å². The molecule has 0 fully saturated rings. The molecule has 1 rings (SSSR count). The van der Waals surface area contributed by atoms with Gasteiger partial charge in [0.1, 0.15) is 0 Å². The van der Waals surface area contributed by atoms with Crippen LogP contribution >= 0.6 is 0 Å². The van der Waals surface area contributed by atoms with Gasteiger partial charge in [0.05, 0.1) is 5.92 Å². The van der Waals surface area contributed by atoms with Gasteiger partial charge in [-0.05, 0) is 30.2 Å². The summed E-state index contributed by atoms with van der Waals surface area (Å²) in [5.41, 5.74) is 7.44. The number of carbonyl (C=O) groups is 1. The summed E-state index contributed by atoms with van der Waals surface area (Å²) in [5, 5.41) is 3.11. The first-order chi connectivity index (χ1) is 9.99. The highest BCUT2D eigenvalue weighted by Gasteiger charge is 2.27. The third kappa shape index (κ3) is 4.57. The maximum atomic E-state index is 12.4. The lowest BCUT2D eigenvalue weighted by molar-refractivity contribution is -0.125. The molecule has 0 saturated carbocycles. The van der Waals surface area contributed by atoms with Gasteiger partial charge in [0.2, 0.25) is 5.91 Å². The highest BCUT2D eigenvalue weighted by molar-refractivity contribution is 5.79. The van der Waals surface area contributed by atoms with Gasteiger partial charge < -0.3 is 11.1 Å². The Balaban J connectivity index is 2.63. The second kappa shape index (κ2) is 8.18. The largest absolute Gasteiger partial charge is 0.355 e. The predicted molar refractivity (Wildman–Crippen MR) is 88.9 cm³/mol. The molecule has 2 unspecified atom stereocenters. The van der Waals surface area contributed by atoms with E-state index in [1.165, 1.54) is 0 Å². The second-order valence-electron chi connectivity index (χ2n) is 6.00. The molecule has 0 heterocycles. The van der Waals surface area contributed by atoms with Gasteiger partial charge in [0.25, 0.3) is 0 Å². The molecule has 0 radical (unpaired) electrons. The molecule has 0 aromatic heterocycles. The number of amides is 1. The molecule has 3 nitrogen and oxygen atoms in total. The number of hydrogen-bond donors (Lipinski definition) is 2. The van der Waals surface area contributed by atoms with Crippen LogP contribution in [-0.2, 0) is 4.79 Å². The van der Waals surface area contributed by atoms with Gasteiger partial charge in [-0.25, -0.2) is 0 Å².